The fourth-order valence-electron chi connectivity index (χ4n) is 3.37. The van der Waals surface area contributed by atoms with Crippen molar-refractivity contribution in [2.24, 2.45) is 5.41 Å². The minimum Gasteiger partial charge on any atom is -0.481 e. The first-order valence-electron chi connectivity index (χ1n) is 7.87. The van der Waals surface area contributed by atoms with E-state index < -0.39 is 11.4 Å². The van der Waals surface area contributed by atoms with Crippen LogP contribution in [0, 0.1) is 5.41 Å². The molecule has 2 fully saturated rings. The zero-order valence-corrected chi connectivity index (χ0v) is 13.0. The number of rotatable bonds is 3. The smallest absolute Gasteiger partial charge is 0.320 e. The normalized spacial score (nSPS) is 25.7. The van der Waals surface area contributed by atoms with Crippen LogP contribution in [0.2, 0.25) is 0 Å². The summed E-state index contributed by atoms with van der Waals surface area (Å²) in [6.07, 6.45) is 2.67. The van der Waals surface area contributed by atoms with Crippen LogP contribution >= 0.6 is 0 Å². The van der Waals surface area contributed by atoms with E-state index in [2.05, 4.69) is 0 Å². The third kappa shape index (κ3) is 3.31. The second-order valence-corrected chi connectivity index (χ2v) is 6.22. The number of hydrogen-bond donors (Lipinski definition) is 1. The van der Waals surface area contributed by atoms with Crippen molar-refractivity contribution in [3.8, 4) is 0 Å². The average molecular weight is 298 g/mol. The molecule has 2 aliphatic rings. The zero-order chi connectivity index (χ0) is 15.5. The lowest BCUT2D eigenvalue weighted by Crippen LogP contribution is -2.55. The number of nitrogens with zero attached hydrogens (tertiary/aromatic N) is 2. The third-order valence-electron chi connectivity index (χ3n) is 4.79. The highest BCUT2D eigenvalue weighted by Gasteiger charge is 2.42. The summed E-state index contributed by atoms with van der Waals surface area (Å²) in [5.41, 5.74) is -0.637. The molecule has 1 N–H and O–H groups in total. The zero-order valence-electron chi connectivity index (χ0n) is 13.0. The van der Waals surface area contributed by atoms with Crippen molar-refractivity contribution in [1.29, 1.82) is 0 Å². The van der Waals surface area contributed by atoms with Gasteiger partial charge in [-0.25, -0.2) is 4.79 Å². The highest BCUT2D eigenvalue weighted by molar-refractivity contribution is 5.77. The molecule has 1 atom stereocenters. The molecular weight excluding hydrogens is 272 g/mol. The Balaban J connectivity index is 1.96. The van der Waals surface area contributed by atoms with E-state index in [1.54, 1.807) is 4.90 Å². The molecule has 0 aromatic rings. The first kappa shape index (κ1) is 16.1. The lowest BCUT2D eigenvalue weighted by Gasteiger charge is -2.42. The molecule has 2 amide bonds. The van der Waals surface area contributed by atoms with Crippen LogP contribution in [-0.2, 0) is 9.53 Å². The van der Waals surface area contributed by atoms with Gasteiger partial charge in [-0.15, -0.1) is 0 Å². The second-order valence-electron chi connectivity index (χ2n) is 6.22. The fourth-order valence-corrected chi connectivity index (χ4v) is 3.37. The molecule has 0 aromatic heterocycles. The average Bonchev–Trinajstić information content (AvgIpc) is 2.48. The van der Waals surface area contributed by atoms with Crippen LogP contribution in [0.4, 0.5) is 4.79 Å². The maximum Gasteiger partial charge on any atom is 0.320 e. The van der Waals surface area contributed by atoms with Gasteiger partial charge >= 0.3 is 12.0 Å². The minimum absolute atomic E-state index is 0.0290. The van der Waals surface area contributed by atoms with Gasteiger partial charge in [-0.3, -0.25) is 4.79 Å². The molecule has 0 aromatic carbocycles. The van der Waals surface area contributed by atoms with E-state index in [-0.39, 0.29) is 12.1 Å². The number of hydrogen-bond acceptors (Lipinski definition) is 3. The van der Waals surface area contributed by atoms with E-state index in [0.29, 0.717) is 52.1 Å². The first-order valence-corrected chi connectivity index (χ1v) is 7.87. The monoisotopic (exact) mass is 298 g/mol. The van der Waals surface area contributed by atoms with Crippen LogP contribution < -0.4 is 0 Å². The van der Waals surface area contributed by atoms with E-state index in [1.165, 1.54) is 0 Å². The topological polar surface area (TPSA) is 70.1 Å². The number of morpholine rings is 1. The SMILES string of the molecule is CCCC1(C(=O)O)CCN(C(=O)N2CCOCC2C)CC1. The molecule has 21 heavy (non-hydrogen) atoms. The fraction of sp³-hybridized carbons (Fsp3) is 0.867. The Hall–Kier alpha value is -1.30. The largest absolute Gasteiger partial charge is 0.481 e. The number of urea groups is 1. The number of carboxylic acid groups (broad SMARTS) is 1. The van der Waals surface area contributed by atoms with Crippen LogP contribution in [0.25, 0.3) is 0 Å². The lowest BCUT2D eigenvalue weighted by molar-refractivity contribution is -0.152. The van der Waals surface area contributed by atoms with Gasteiger partial charge < -0.3 is 19.6 Å². The molecule has 2 saturated heterocycles. The van der Waals surface area contributed by atoms with Crippen molar-refractivity contribution in [2.45, 2.75) is 45.6 Å². The van der Waals surface area contributed by atoms with Gasteiger partial charge in [0.1, 0.15) is 0 Å². The molecule has 2 heterocycles. The number of ether oxygens (including phenoxy) is 1. The van der Waals surface area contributed by atoms with Gasteiger partial charge in [-0.1, -0.05) is 13.3 Å². The Bertz CT molecular complexity index is 391. The van der Waals surface area contributed by atoms with Crippen molar-refractivity contribution < 1.29 is 19.4 Å². The van der Waals surface area contributed by atoms with Gasteiger partial charge in [0.05, 0.1) is 24.7 Å². The summed E-state index contributed by atoms with van der Waals surface area (Å²) in [6, 6.07) is 0.120. The van der Waals surface area contributed by atoms with Gasteiger partial charge in [0, 0.05) is 19.6 Å². The first-order chi connectivity index (χ1) is 10.00. The van der Waals surface area contributed by atoms with Gasteiger partial charge in [-0.05, 0) is 26.2 Å². The molecule has 120 valence electrons. The number of likely N-dealkylation sites (tertiary alicyclic amines) is 1. The summed E-state index contributed by atoms with van der Waals surface area (Å²) in [4.78, 5) is 27.8. The molecule has 0 radical (unpaired) electrons. The van der Waals surface area contributed by atoms with Crippen LogP contribution in [-0.4, -0.2) is 65.8 Å². The predicted molar refractivity (Wildman–Crippen MR) is 78.2 cm³/mol. The minimum atomic E-state index is -0.712. The number of carboxylic acids is 1. The molecular formula is C15H26N2O4. The van der Waals surface area contributed by atoms with E-state index in [4.69, 9.17) is 4.74 Å². The number of carbonyl (C=O) groups is 2. The molecule has 0 bridgehead atoms. The molecule has 1 unspecified atom stereocenters. The van der Waals surface area contributed by atoms with Crippen LogP contribution in [0.15, 0.2) is 0 Å². The summed E-state index contributed by atoms with van der Waals surface area (Å²) in [5, 5.41) is 9.51. The van der Waals surface area contributed by atoms with Crippen molar-refractivity contribution in [3.05, 3.63) is 0 Å². The Labute approximate surface area is 126 Å². The summed E-state index contributed by atoms with van der Waals surface area (Å²) in [7, 11) is 0. The highest BCUT2D eigenvalue weighted by atomic mass is 16.5. The van der Waals surface area contributed by atoms with E-state index >= 15 is 0 Å². The molecule has 2 rings (SSSR count). The van der Waals surface area contributed by atoms with Crippen molar-refractivity contribution >= 4 is 12.0 Å². The summed E-state index contributed by atoms with van der Waals surface area (Å²) in [5.74, 6) is -0.712. The lowest BCUT2D eigenvalue weighted by atomic mass is 9.75. The maximum atomic E-state index is 12.6. The van der Waals surface area contributed by atoms with Crippen LogP contribution in [0.5, 0.6) is 0 Å². The summed E-state index contributed by atoms with van der Waals surface area (Å²) < 4.78 is 5.36. The molecule has 2 aliphatic heterocycles. The van der Waals surface area contributed by atoms with Crippen LogP contribution in [0.3, 0.4) is 0 Å². The summed E-state index contributed by atoms with van der Waals surface area (Å²) >= 11 is 0. The Morgan fingerprint density at radius 1 is 1.29 bits per heavy atom. The quantitative estimate of drug-likeness (QED) is 0.862. The molecule has 6 nitrogen and oxygen atoms in total. The predicted octanol–water partition coefficient (Wildman–Crippen LogP) is 1.79. The third-order valence-corrected chi connectivity index (χ3v) is 4.79. The highest BCUT2D eigenvalue weighted by Crippen LogP contribution is 2.36. The summed E-state index contributed by atoms with van der Waals surface area (Å²) in [6.45, 7) is 6.85. The number of amides is 2. The van der Waals surface area contributed by atoms with Crippen LogP contribution in [0.1, 0.15) is 39.5 Å². The molecule has 6 heteroatoms. The second kappa shape index (κ2) is 6.64. The van der Waals surface area contributed by atoms with E-state index in [0.717, 1.165) is 6.42 Å². The Morgan fingerprint density at radius 3 is 2.48 bits per heavy atom. The van der Waals surface area contributed by atoms with Crippen molar-refractivity contribution in [2.75, 3.05) is 32.8 Å². The van der Waals surface area contributed by atoms with E-state index in [9.17, 15) is 14.7 Å². The van der Waals surface area contributed by atoms with Gasteiger partial charge in [0.15, 0.2) is 0 Å². The number of carbonyl (C=O) groups excluding carboxylic acids is 1. The molecule has 0 saturated carbocycles. The Morgan fingerprint density at radius 2 is 1.95 bits per heavy atom. The standard InChI is InChI=1S/C15H26N2O4/c1-3-4-15(13(18)19)5-7-16(8-6-15)14(20)17-9-10-21-11-12(17)2/h12H,3-11H2,1-2H3,(H,18,19). The Kier molecular flexibility index (Phi) is 5.08. The number of piperidine rings is 1. The van der Waals surface area contributed by atoms with Crippen molar-refractivity contribution in [3.63, 3.8) is 0 Å². The van der Waals surface area contributed by atoms with Gasteiger partial charge in [0.2, 0.25) is 0 Å². The molecule has 0 aliphatic carbocycles. The van der Waals surface area contributed by atoms with Gasteiger partial charge in [0.25, 0.3) is 0 Å². The number of aliphatic carboxylic acids is 1. The van der Waals surface area contributed by atoms with E-state index in [1.807, 2.05) is 18.7 Å². The molecule has 0 spiro atoms. The maximum absolute atomic E-state index is 12.6. The van der Waals surface area contributed by atoms with Gasteiger partial charge in [-0.2, -0.15) is 0 Å². The van der Waals surface area contributed by atoms with Crippen molar-refractivity contribution in [1.82, 2.24) is 9.80 Å².